The molecular formula is C12H15BrN4O4. The van der Waals surface area contributed by atoms with E-state index in [1.54, 1.807) is 12.1 Å². The van der Waals surface area contributed by atoms with Crippen LogP contribution >= 0.6 is 15.9 Å². The van der Waals surface area contributed by atoms with E-state index in [1.165, 1.54) is 14.2 Å². The summed E-state index contributed by atoms with van der Waals surface area (Å²) in [5, 5.41) is 15.5. The van der Waals surface area contributed by atoms with Crippen LogP contribution in [0.5, 0.6) is 11.5 Å². The van der Waals surface area contributed by atoms with Crippen LogP contribution in [0.1, 0.15) is 11.6 Å². The molecule has 114 valence electrons. The van der Waals surface area contributed by atoms with Crippen LogP contribution < -0.4 is 14.8 Å². The largest absolute Gasteiger partial charge is 0.493 e. The number of carbonyl (C=O) groups is 1. The third kappa shape index (κ3) is 4.52. The van der Waals surface area contributed by atoms with Crippen molar-refractivity contribution in [3.63, 3.8) is 0 Å². The molecule has 0 aromatic heterocycles. The maximum atomic E-state index is 11.4. The van der Waals surface area contributed by atoms with Crippen LogP contribution in [0.3, 0.4) is 0 Å². The van der Waals surface area contributed by atoms with Crippen LogP contribution in [-0.2, 0) is 4.79 Å². The van der Waals surface area contributed by atoms with Gasteiger partial charge in [-0.15, -0.1) is 0 Å². The lowest BCUT2D eigenvalue weighted by atomic mass is 10.1. The van der Waals surface area contributed by atoms with E-state index in [2.05, 4.69) is 31.3 Å². The maximum absolute atomic E-state index is 11.4. The van der Waals surface area contributed by atoms with E-state index in [0.717, 1.165) is 0 Å². The van der Waals surface area contributed by atoms with Crippen LogP contribution in [0.15, 0.2) is 21.7 Å². The zero-order chi connectivity index (χ0) is 15.8. The highest BCUT2D eigenvalue weighted by atomic mass is 79.9. The second-order valence-electron chi connectivity index (χ2n) is 3.91. The van der Waals surface area contributed by atoms with E-state index in [0.29, 0.717) is 21.5 Å². The van der Waals surface area contributed by atoms with Crippen molar-refractivity contribution in [2.24, 2.45) is 5.11 Å². The number of ether oxygens (including phenoxy) is 2. The van der Waals surface area contributed by atoms with Crippen molar-refractivity contribution in [1.29, 1.82) is 0 Å². The number of aliphatic carboxylic acids is 1. The van der Waals surface area contributed by atoms with E-state index >= 15 is 0 Å². The highest BCUT2D eigenvalue weighted by molar-refractivity contribution is 9.10. The normalized spacial score (nSPS) is 11.4. The zero-order valence-corrected chi connectivity index (χ0v) is 13.1. The number of nitrogens with one attached hydrogen (secondary N) is 1. The predicted octanol–water partition coefficient (Wildman–Crippen LogP) is 2.49. The fraction of sp³-hybridized carbons (Fsp3) is 0.417. The number of carboxylic acid groups (broad SMARTS) is 1. The number of carboxylic acids is 1. The third-order valence-corrected chi connectivity index (χ3v) is 3.37. The van der Waals surface area contributed by atoms with Crippen molar-refractivity contribution in [1.82, 2.24) is 5.32 Å². The minimum Gasteiger partial charge on any atom is -0.493 e. The van der Waals surface area contributed by atoms with E-state index < -0.39 is 12.0 Å². The summed E-state index contributed by atoms with van der Waals surface area (Å²) < 4.78 is 10.9. The number of halogens is 1. The lowest BCUT2D eigenvalue weighted by molar-refractivity contribution is -0.139. The number of methoxy groups -OCH3 is 2. The van der Waals surface area contributed by atoms with Gasteiger partial charge in [-0.25, -0.2) is 0 Å². The maximum Gasteiger partial charge on any atom is 0.325 e. The van der Waals surface area contributed by atoms with E-state index in [-0.39, 0.29) is 13.1 Å². The number of rotatable bonds is 8. The first-order valence-corrected chi connectivity index (χ1v) is 6.72. The molecule has 0 amide bonds. The van der Waals surface area contributed by atoms with Crippen LogP contribution in [0.25, 0.3) is 10.4 Å². The number of nitrogens with zero attached hydrogens (tertiary/aromatic N) is 3. The molecule has 0 bridgehead atoms. The molecule has 0 saturated heterocycles. The minimum atomic E-state index is -1.05. The van der Waals surface area contributed by atoms with Gasteiger partial charge in [-0.3, -0.25) is 4.79 Å². The fourth-order valence-corrected chi connectivity index (χ4v) is 2.28. The van der Waals surface area contributed by atoms with Gasteiger partial charge in [0.05, 0.1) is 14.2 Å². The van der Waals surface area contributed by atoms with Crippen LogP contribution in [0.2, 0.25) is 0 Å². The van der Waals surface area contributed by atoms with Gasteiger partial charge in [-0.2, -0.15) is 0 Å². The number of azide groups is 1. The van der Waals surface area contributed by atoms with Crippen molar-refractivity contribution in [2.45, 2.75) is 6.04 Å². The summed E-state index contributed by atoms with van der Waals surface area (Å²) in [6, 6.07) is 2.26. The molecule has 0 aliphatic heterocycles. The molecule has 0 fully saturated rings. The Labute approximate surface area is 129 Å². The van der Waals surface area contributed by atoms with Crippen LogP contribution in [0.4, 0.5) is 0 Å². The lowest BCUT2D eigenvalue weighted by Crippen LogP contribution is -2.30. The Hall–Kier alpha value is -1.96. The van der Waals surface area contributed by atoms with Crippen LogP contribution in [-0.4, -0.2) is 38.4 Å². The Morgan fingerprint density at radius 3 is 2.62 bits per heavy atom. The van der Waals surface area contributed by atoms with Gasteiger partial charge in [0.2, 0.25) is 0 Å². The molecule has 21 heavy (non-hydrogen) atoms. The summed E-state index contributed by atoms with van der Waals surface area (Å²) in [4.78, 5) is 14.0. The Bertz CT molecular complexity index is 560. The lowest BCUT2D eigenvalue weighted by Gasteiger charge is -2.18. The van der Waals surface area contributed by atoms with E-state index in [9.17, 15) is 9.90 Å². The molecule has 8 nitrogen and oxygen atoms in total. The number of hydrogen-bond donors (Lipinski definition) is 2. The SMILES string of the molecule is COc1cc(Br)c(C(NCCN=[N+]=[N-])C(=O)O)cc1OC. The second kappa shape index (κ2) is 8.35. The molecule has 0 radical (unpaired) electrons. The average Bonchev–Trinajstić information content (AvgIpc) is 2.47. The number of hydrogen-bond acceptors (Lipinski definition) is 5. The monoisotopic (exact) mass is 358 g/mol. The molecule has 0 aliphatic carbocycles. The van der Waals surface area contributed by atoms with Crippen LogP contribution in [0, 0.1) is 0 Å². The molecule has 0 spiro atoms. The highest BCUT2D eigenvalue weighted by Gasteiger charge is 2.23. The Kier molecular flexibility index (Phi) is 6.80. The van der Waals surface area contributed by atoms with Crippen molar-refractivity contribution in [3.05, 3.63) is 32.6 Å². The summed E-state index contributed by atoms with van der Waals surface area (Å²) in [5.41, 5.74) is 8.69. The Morgan fingerprint density at radius 1 is 1.48 bits per heavy atom. The summed E-state index contributed by atoms with van der Waals surface area (Å²) in [6.45, 7) is 0.396. The van der Waals surface area contributed by atoms with Crippen molar-refractivity contribution in [2.75, 3.05) is 27.3 Å². The van der Waals surface area contributed by atoms with Gasteiger partial charge in [0, 0.05) is 22.5 Å². The molecule has 0 aliphatic rings. The average molecular weight is 359 g/mol. The standard InChI is InChI=1S/C12H15BrN4O4/c1-20-9-5-7(8(13)6-10(9)21-2)11(12(18)19)15-3-4-16-17-14/h5-6,11,15H,3-4H2,1-2H3,(H,18,19). The fourth-order valence-electron chi connectivity index (χ4n) is 1.73. The Balaban J connectivity index is 3.07. The first-order valence-electron chi connectivity index (χ1n) is 5.93. The second-order valence-corrected chi connectivity index (χ2v) is 4.76. The molecule has 2 N–H and O–H groups in total. The molecule has 0 heterocycles. The Morgan fingerprint density at radius 2 is 2.10 bits per heavy atom. The minimum absolute atomic E-state index is 0.158. The van der Waals surface area contributed by atoms with Gasteiger partial charge in [0.15, 0.2) is 11.5 Å². The molecule has 1 unspecified atom stereocenters. The summed E-state index contributed by atoms with van der Waals surface area (Å²) in [5.74, 6) is -0.131. The summed E-state index contributed by atoms with van der Waals surface area (Å²) >= 11 is 3.32. The molecule has 1 rings (SSSR count). The molecule has 9 heteroatoms. The molecule has 1 atom stereocenters. The van der Waals surface area contributed by atoms with Gasteiger partial charge in [-0.1, -0.05) is 21.0 Å². The molecule has 1 aromatic carbocycles. The smallest absolute Gasteiger partial charge is 0.325 e. The zero-order valence-electron chi connectivity index (χ0n) is 11.5. The first-order chi connectivity index (χ1) is 10.0. The van der Waals surface area contributed by atoms with Gasteiger partial charge < -0.3 is 19.9 Å². The number of benzene rings is 1. The van der Waals surface area contributed by atoms with Gasteiger partial charge in [0.1, 0.15) is 6.04 Å². The van der Waals surface area contributed by atoms with E-state index in [4.69, 9.17) is 15.0 Å². The van der Waals surface area contributed by atoms with Gasteiger partial charge >= 0.3 is 5.97 Å². The van der Waals surface area contributed by atoms with E-state index in [1.807, 2.05) is 0 Å². The summed E-state index contributed by atoms with van der Waals surface area (Å²) in [7, 11) is 2.97. The third-order valence-electron chi connectivity index (χ3n) is 2.68. The quantitative estimate of drug-likeness (QED) is 0.320. The van der Waals surface area contributed by atoms with Crippen molar-refractivity contribution in [3.8, 4) is 11.5 Å². The van der Waals surface area contributed by atoms with Gasteiger partial charge in [-0.05, 0) is 23.2 Å². The van der Waals surface area contributed by atoms with Crippen molar-refractivity contribution >= 4 is 21.9 Å². The van der Waals surface area contributed by atoms with Gasteiger partial charge in [0.25, 0.3) is 0 Å². The molecular weight excluding hydrogens is 344 g/mol. The predicted molar refractivity (Wildman–Crippen MR) is 79.6 cm³/mol. The first kappa shape index (κ1) is 17.1. The van der Waals surface area contributed by atoms with Crippen molar-refractivity contribution < 1.29 is 19.4 Å². The highest BCUT2D eigenvalue weighted by Crippen LogP contribution is 2.36. The molecule has 1 aromatic rings. The molecule has 0 saturated carbocycles. The summed E-state index contributed by atoms with van der Waals surface area (Å²) in [6.07, 6.45) is 0. The topological polar surface area (TPSA) is 117 Å².